The van der Waals surface area contributed by atoms with Crippen LogP contribution in [0.5, 0.6) is 5.75 Å². The highest BCUT2D eigenvalue weighted by Gasteiger charge is 2.24. The van der Waals surface area contributed by atoms with E-state index >= 15 is 0 Å². The quantitative estimate of drug-likeness (QED) is 0.746. The SMILES string of the molecule is O=C1CNCC(=O)N1CCOc1ccccc1. The number of nitrogens with zero attached hydrogens (tertiary/aromatic N) is 1. The molecule has 0 atom stereocenters. The molecule has 5 nitrogen and oxygen atoms in total. The van der Waals surface area contributed by atoms with Crippen molar-refractivity contribution in [3.8, 4) is 5.75 Å². The Balaban J connectivity index is 1.81. The van der Waals surface area contributed by atoms with E-state index < -0.39 is 0 Å². The van der Waals surface area contributed by atoms with Crippen LogP contribution in [0.3, 0.4) is 0 Å². The molecule has 5 heteroatoms. The standard InChI is InChI=1S/C12H14N2O3/c15-11-8-13-9-12(16)14(11)6-7-17-10-4-2-1-3-5-10/h1-5,13H,6-9H2. The van der Waals surface area contributed by atoms with Crippen molar-refractivity contribution in [1.29, 1.82) is 0 Å². The Hall–Kier alpha value is -1.88. The second-order valence-corrected chi connectivity index (χ2v) is 3.70. The van der Waals surface area contributed by atoms with Gasteiger partial charge in [-0.3, -0.25) is 19.8 Å². The normalized spacial score (nSPS) is 16.1. The lowest BCUT2D eigenvalue weighted by molar-refractivity contribution is -0.146. The number of amides is 2. The van der Waals surface area contributed by atoms with E-state index in [1.807, 2.05) is 30.3 Å². The number of carbonyl (C=O) groups is 2. The molecule has 1 aromatic carbocycles. The average Bonchev–Trinajstić information content (AvgIpc) is 2.34. The molecule has 0 unspecified atom stereocenters. The summed E-state index contributed by atoms with van der Waals surface area (Å²) in [5.41, 5.74) is 0. The van der Waals surface area contributed by atoms with Gasteiger partial charge < -0.3 is 4.74 Å². The molecule has 2 rings (SSSR count). The number of hydrogen-bond donors (Lipinski definition) is 1. The molecule has 0 aliphatic carbocycles. The minimum atomic E-state index is -0.196. The Bertz CT molecular complexity index is 389. The van der Waals surface area contributed by atoms with Crippen molar-refractivity contribution in [2.24, 2.45) is 0 Å². The first-order chi connectivity index (χ1) is 8.27. The fourth-order valence-electron chi connectivity index (χ4n) is 1.63. The van der Waals surface area contributed by atoms with Gasteiger partial charge in [-0.15, -0.1) is 0 Å². The predicted octanol–water partition coefficient (Wildman–Crippen LogP) is 0.0238. The van der Waals surface area contributed by atoms with Crippen LogP contribution in [0.1, 0.15) is 0 Å². The van der Waals surface area contributed by atoms with Crippen molar-refractivity contribution in [3.05, 3.63) is 30.3 Å². The van der Waals surface area contributed by atoms with E-state index in [1.54, 1.807) is 0 Å². The van der Waals surface area contributed by atoms with Gasteiger partial charge in [0.05, 0.1) is 19.6 Å². The number of nitrogens with one attached hydrogen (secondary N) is 1. The third-order valence-corrected chi connectivity index (χ3v) is 2.48. The van der Waals surface area contributed by atoms with E-state index in [9.17, 15) is 9.59 Å². The summed E-state index contributed by atoms with van der Waals surface area (Å²) in [4.78, 5) is 24.1. The maximum atomic E-state index is 11.4. The van der Waals surface area contributed by atoms with Crippen molar-refractivity contribution in [1.82, 2.24) is 10.2 Å². The lowest BCUT2D eigenvalue weighted by Gasteiger charge is -2.25. The molecule has 0 saturated carbocycles. The fourth-order valence-corrected chi connectivity index (χ4v) is 1.63. The van der Waals surface area contributed by atoms with Gasteiger partial charge in [0.2, 0.25) is 11.8 Å². The summed E-state index contributed by atoms with van der Waals surface area (Å²) >= 11 is 0. The van der Waals surface area contributed by atoms with Crippen molar-refractivity contribution >= 4 is 11.8 Å². The molecule has 0 radical (unpaired) electrons. The number of hydrogen-bond acceptors (Lipinski definition) is 4. The highest BCUT2D eigenvalue weighted by molar-refractivity contribution is 5.99. The zero-order chi connectivity index (χ0) is 12.1. The maximum absolute atomic E-state index is 11.4. The first-order valence-corrected chi connectivity index (χ1v) is 5.49. The molecule has 17 heavy (non-hydrogen) atoms. The molecular weight excluding hydrogens is 220 g/mol. The van der Waals surface area contributed by atoms with Gasteiger partial charge in [-0.25, -0.2) is 0 Å². The number of imide groups is 1. The van der Waals surface area contributed by atoms with E-state index in [4.69, 9.17) is 4.74 Å². The summed E-state index contributed by atoms with van der Waals surface area (Å²) in [5.74, 6) is 0.346. The van der Waals surface area contributed by atoms with E-state index in [0.717, 1.165) is 5.75 Å². The number of carbonyl (C=O) groups excluding carboxylic acids is 2. The highest BCUT2D eigenvalue weighted by atomic mass is 16.5. The number of piperazine rings is 1. The smallest absolute Gasteiger partial charge is 0.243 e. The predicted molar refractivity (Wildman–Crippen MR) is 61.5 cm³/mol. The van der Waals surface area contributed by atoms with Crippen LogP contribution in [0, 0.1) is 0 Å². The number of benzene rings is 1. The van der Waals surface area contributed by atoms with E-state index in [-0.39, 0.29) is 24.9 Å². The summed E-state index contributed by atoms with van der Waals surface area (Å²) in [5, 5.41) is 2.74. The van der Waals surface area contributed by atoms with Crippen molar-refractivity contribution in [3.63, 3.8) is 0 Å². The Morgan fingerprint density at radius 1 is 1.12 bits per heavy atom. The third-order valence-electron chi connectivity index (χ3n) is 2.48. The Labute approximate surface area is 99.4 Å². The zero-order valence-corrected chi connectivity index (χ0v) is 9.39. The molecule has 1 aliphatic heterocycles. The summed E-state index contributed by atoms with van der Waals surface area (Å²) in [6.07, 6.45) is 0. The molecule has 1 aromatic rings. The molecule has 1 fully saturated rings. The summed E-state index contributed by atoms with van der Waals surface area (Å²) in [7, 11) is 0. The van der Waals surface area contributed by atoms with Crippen molar-refractivity contribution in [2.45, 2.75) is 0 Å². The van der Waals surface area contributed by atoms with Crippen LogP contribution >= 0.6 is 0 Å². The molecule has 90 valence electrons. The largest absolute Gasteiger partial charge is 0.492 e. The van der Waals surface area contributed by atoms with Gasteiger partial charge >= 0.3 is 0 Å². The minimum Gasteiger partial charge on any atom is -0.492 e. The van der Waals surface area contributed by atoms with Gasteiger partial charge in [0, 0.05) is 0 Å². The van der Waals surface area contributed by atoms with Gasteiger partial charge in [-0.1, -0.05) is 18.2 Å². The topological polar surface area (TPSA) is 58.6 Å². The van der Waals surface area contributed by atoms with Crippen LogP contribution < -0.4 is 10.1 Å². The molecule has 1 saturated heterocycles. The molecule has 1 aliphatic rings. The van der Waals surface area contributed by atoms with Crippen molar-refractivity contribution in [2.75, 3.05) is 26.2 Å². The van der Waals surface area contributed by atoms with Gasteiger partial charge in [0.1, 0.15) is 12.4 Å². The minimum absolute atomic E-state index is 0.196. The van der Waals surface area contributed by atoms with Crippen LogP contribution in [0.25, 0.3) is 0 Å². The van der Waals surface area contributed by atoms with E-state index in [0.29, 0.717) is 13.2 Å². The second-order valence-electron chi connectivity index (χ2n) is 3.70. The average molecular weight is 234 g/mol. The monoisotopic (exact) mass is 234 g/mol. The first kappa shape index (κ1) is 11.6. The van der Waals surface area contributed by atoms with Gasteiger partial charge in [-0.05, 0) is 12.1 Å². The molecule has 1 heterocycles. The van der Waals surface area contributed by atoms with Crippen LogP contribution in [0.15, 0.2) is 30.3 Å². The van der Waals surface area contributed by atoms with E-state index in [1.165, 1.54) is 4.90 Å². The van der Waals surface area contributed by atoms with Gasteiger partial charge in [0.15, 0.2) is 0 Å². The number of ether oxygens (including phenoxy) is 1. The fraction of sp³-hybridized carbons (Fsp3) is 0.333. The summed E-state index contributed by atoms with van der Waals surface area (Å²) in [6.45, 7) is 1.06. The van der Waals surface area contributed by atoms with Crippen LogP contribution in [-0.2, 0) is 9.59 Å². The maximum Gasteiger partial charge on any atom is 0.243 e. The van der Waals surface area contributed by atoms with Gasteiger partial charge in [0.25, 0.3) is 0 Å². The molecule has 0 bridgehead atoms. The van der Waals surface area contributed by atoms with Gasteiger partial charge in [-0.2, -0.15) is 0 Å². The van der Waals surface area contributed by atoms with E-state index in [2.05, 4.69) is 5.32 Å². The summed E-state index contributed by atoms with van der Waals surface area (Å²) < 4.78 is 5.44. The third kappa shape index (κ3) is 3.04. The Kier molecular flexibility index (Phi) is 3.72. The van der Waals surface area contributed by atoms with Crippen molar-refractivity contribution < 1.29 is 14.3 Å². The van der Waals surface area contributed by atoms with Crippen LogP contribution in [0.4, 0.5) is 0 Å². The highest BCUT2D eigenvalue weighted by Crippen LogP contribution is 2.08. The second kappa shape index (κ2) is 5.45. The molecule has 0 spiro atoms. The Morgan fingerprint density at radius 2 is 1.76 bits per heavy atom. The molecular formula is C12H14N2O3. The zero-order valence-electron chi connectivity index (χ0n) is 9.39. The van der Waals surface area contributed by atoms with Crippen LogP contribution in [0.2, 0.25) is 0 Å². The van der Waals surface area contributed by atoms with Crippen LogP contribution in [-0.4, -0.2) is 43.0 Å². The number of para-hydroxylation sites is 1. The molecule has 0 aromatic heterocycles. The number of rotatable bonds is 4. The lowest BCUT2D eigenvalue weighted by atomic mass is 10.3. The molecule has 1 N–H and O–H groups in total. The summed E-state index contributed by atoms with van der Waals surface area (Å²) in [6, 6.07) is 9.31. The first-order valence-electron chi connectivity index (χ1n) is 5.49. The lowest BCUT2D eigenvalue weighted by Crippen LogP contribution is -2.53. The molecule has 2 amide bonds. The Morgan fingerprint density at radius 3 is 2.41 bits per heavy atom.